The first-order valence-corrected chi connectivity index (χ1v) is 9.60. The number of rotatable bonds is 7. The van der Waals surface area contributed by atoms with Crippen LogP contribution in [0.4, 0.5) is 0 Å². The summed E-state index contributed by atoms with van der Waals surface area (Å²) >= 11 is 0. The number of nitrogens with one attached hydrogen (secondary N) is 1. The number of carbonyl (C=O) groups excluding carboxylic acids is 1. The number of aromatic amines is 1. The van der Waals surface area contributed by atoms with E-state index in [9.17, 15) is 14.7 Å². The van der Waals surface area contributed by atoms with Gasteiger partial charge in [0.25, 0.3) is 0 Å². The standard InChI is InChI=1S/C22H23N3O4/c23-21(26)19-7-4-10-25(19)20(22(27)28)17-12-24-18-9-8-15(11-16(17)18)29-13-14-5-2-1-3-6-14/h1-3,5-6,8-9,11-12,19-20,24H,4,7,10,13H2,(H2,23,26)(H,27,28)/t19-,20+/m0/s1. The maximum absolute atomic E-state index is 12.2. The second-order valence-electron chi connectivity index (χ2n) is 7.26. The Labute approximate surface area is 168 Å². The van der Waals surface area contributed by atoms with Crippen molar-refractivity contribution in [1.29, 1.82) is 0 Å². The Morgan fingerprint density at radius 3 is 2.76 bits per heavy atom. The highest BCUT2D eigenvalue weighted by molar-refractivity contribution is 5.90. The van der Waals surface area contributed by atoms with Crippen molar-refractivity contribution >= 4 is 22.8 Å². The Balaban J connectivity index is 1.65. The number of nitrogens with two attached hydrogens (primary N) is 1. The van der Waals surface area contributed by atoms with Gasteiger partial charge in [-0.2, -0.15) is 0 Å². The molecule has 0 aliphatic carbocycles. The van der Waals surface area contributed by atoms with E-state index in [2.05, 4.69) is 4.98 Å². The number of carboxylic acids is 1. The topological polar surface area (TPSA) is 109 Å². The number of H-pyrrole nitrogens is 1. The lowest BCUT2D eigenvalue weighted by atomic mass is 10.0. The zero-order valence-electron chi connectivity index (χ0n) is 15.9. The number of amides is 1. The van der Waals surface area contributed by atoms with E-state index in [0.29, 0.717) is 30.9 Å². The Hall–Kier alpha value is -3.32. The van der Waals surface area contributed by atoms with E-state index in [-0.39, 0.29) is 0 Å². The second kappa shape index (κ2) is 7.97. The lowest BCUT2D eigenvalue weighted by molar-refractivity contribution is -0.144. The van der Waals surface area contributed by atoms with Gasteiger partial charge in [0, 0.05) is 29.2 Å². The van der Waals surface area contributed by atoms with E-state index in [1.165, 1.54) is 0 Å². The monoisotopic (exact) mass is 393 g/mol. The van der Waals surface area contributed by atoms with E-state index in [1.54, 1.807) is 11.1 Å². The first-order valence-electron chi connectivity index (χ1n) is 9.60. The Morgan fingerprint density at radius 1 is 1.24 bits per heavy atom. The van der Waals surface area contributed by atoms with Crippen molar-refractivity contribution in [2.75, 3.05) is 6.54 Å². The van der Waals surface area contributed by atoms with Crippen LogP contribution in [0.3, 0.4) is 0 Å². The van der Waals surface area contributed by atoms with Crippen LogP contribution < -0.4 is 10.5 Å². The van der Waals surface area contributed by atoms with Gasteiger partial charge in [0.15, 0.2) is 0 Å². The molecule has 2 atom stereocenters. The quantitative estimate of drug-likeness (QED) is 0.572. The lowest BCUT2D eigenvalue weighted by Gasteiger charge is -2.28. The number of aliphatic carboxylic acids is 1. The molecule has 1 aliphatic rings. The predicted molar refractivity (Wildman–Crippen MR) is 108 cm³/mol. The van der Waals surface area contributed by atoms with Crippen molar-refractivity contribution in [2.24, 2.45) is 5.73 Å². The highest BCUT2D eigenvalue weighted by atomic mass is 16.5. The van der Waals surface area contributed by atoms with Crippen molar-refractivity contribution in [1.82, 2.24) is 9.88 Å². The van der Waals surface area contributed by atoms with Crippen LogP contribution in [0, 0.1) is 0 Å². The first-order chi connectivity index (χ1) is 14.0. The van der Waals surface area contributed by atoms with Crippen LogP contribution in [0.5, 0.6) is 5.75 Å². The number of hydrogen-bond acceptors (Lipinski definition) is 4. The molecule has 2 heterocycles. The molecule has 1 aliphatic heterocycles. The Kier molecular flexibility index (Phi) is 5.22. The number of likely N-dealkylation sites (tertiary alicyclic amines) is 1. The molecule has 2 aromatic carbocycles. The normalized spacial score (nSPS) is 18.0. The van der Waals surface area contributed by atoms with E-state index in [0.717, 1.165) is 22.9 Å². The van der Waals surface area contributed by atoms with Crippen LogP contribution in [0.2, 0.25) is 0 Å². The minimum absolute atomic E-state index is 0.421. The molecule has 7 heteroatoms. The van der Waals surface area contributed by atoms with Gasteiger partial charge in [-0.1, -0.05) is 30.3 Å². The summed E-state index contributed by atoms with van der Waals surface area (Å²) in [6, 6.07) is 13.9. The van der Waals surface area contributed by atoms with Crippen LogP contribution in [0.15, 0.2) is 54.7 Å². The average molecular weight is 393 g/mol. The summed E-state index contributed by atoms with van der Waals surface area (Å²) in [5.74, 6) is -0.839. The molecule has 150 valence electrons. The van der Waals surface area contributed by atoms with E-state index in [1.807, 2.05) is 48.5 Å². The van der Waals surface area contributed by atoms with Gasteiger partial charge in [-0.15, -0.1) is 0 Å². The fraction of sp³-hybridized carbons (Fsp3) is 0.273. The third-order valence-electron chi connectivity index (χ3n) is 5.42. The third-order valence-corrected chi connectivity index (χ3v) is 5.42. The number of aromatic nitrogens is 1. The fourth-order valence-electron chi connectivity index (χ4n) is 4.04. The largest absolute Gasteiger partial charge is 0.489 e. The Morgan fingerprint density at radius 2 is 2.03 bits per heavy atom. The van der Waals surface area contributed by atoms with Crippen LogP contribution in [0.25, 0.3) is 10.9 Å². The summed E-state index contributed by atoms with van der Waals surface area (Å²) in [5, 5.41) is 10.7. The smallest absolute Gasteiger partial charge is 0.325 e. The molecule has 1 fully saturated rings. The highest BCUT2D eigenvalue weighted by Gasteiger charge is 2.39. The SMILES string of the molecule is NC(=O)[C@@H]1CCCN1[C@@H](C(=O)O)c1c[nH]c2ccc(OCc3ccccc3)cc12. The number of benzene rings is 2. The Bertz CT molecular complexity index is 1030. The summed E-state index contributed by atoms with van der Waals surface area (Å²) in [7, 11) is 0. The van der Waals surface area contributed by atoms with Crippen LogP contribution in [0.1, 0.15) is 30.0 Å². The van der Waals surface area contributed by atoms with Gasteiger partial charge in [-0.05, 0) is 36.6 Å². The van der Waals surface area contributed by atoms with E-state index < -0.39 is 24.0 Å². The summed E-state index contributed by atoms with van der Waals surface area (Å²) < 4.78 is 5.90. The number of nitrogens with zero attached hydrogens (tertiary/aromatic N) is 1. The van der Waals surface area contributed by atoms with Crippen molar-refractivity contribution in [3.63, 3.8) is 0 Å². The lowest BCUT2D eigenvalue weighted by Crippen LogP contribution is -2.44. The molecule has 0 bridgehead atoms. The molecule has 1 amide bonds. The maximum Gasteiger partial charge on any atom is 0.325 e. The van der Waals surface area contributed by atoms with Gasteiger partial charge in [-0.25, -0.2) is 0 Å². The number of hydrogen-bond donors (Lipinski definition) is 3. The van der Waals surface area contributed by atoms with Crippen molar-refractivity contribution in [3.8, 4) is 5.75 Å². The second-order valence-corrected chi connectivity index (χ2v) is 7.26. The molecular formula is C22H23N3O4. The molecule has 0 unspecified atom stereocenters. The molecule has 7 nitrogen and oxygen atoms in total. The van der Waals surface area contributed by atoms with Crippen molar-refractivity contribution < 1.29 is 19.4 Å². The molecule has 1 saturated heterocycles. The van der Waals surface area contributed by atoms with Crippen LogP contribution in [-0.2, 0) is 16.2 Å². The maximum atomic E-state index is 12.2. The number of ether oxygens (including phenoxy) is 1. The summed E-state index contributed by atoms with van der Waals surface area (Å²) in [4.78, 5) is 28.8. The molecule has 4 rings (SSSR count). The minimum Gasteiger partial charge on any atom is -0.489 e. The average Bonchev–Trinajstić information content (AvgIpc) is 3.35. The van der Waals surface area contributed by atoms with Gasteiger partial charge >= 0.3 is 5.97 Å². The summed E-state index contributed by atoms with van der Waals surface area (Å²) in [6.07, 6.45) is 3.01. The molecule has 0 radical (unpaired) electrons. The van der Waals surface area contributed by atoms with E-state index >= 15 is 0 Å². The molecule has 0 saturated carbocycles. The molecule has 4 N–H and O–H groups in total. The number of fused-ring (bicyclic) bond motifs is 1. The molecule has 3 aromatic rings. The molecule has 29 heavy (non-hydrogen) atoms. The van der Waals surface area contributed by atoms with E-state index in [4.69, 9.17) is 10.5 Å². The zero-order valence-corrected chi connectivity index (χ0v) is 15.9. The summed E-state index contributed by atoms with van der Waals surface area (Å²) in [6.45, 7) is 0.936. The highest BCUT2D eigenvalue weighted by Crippen LogP contribution is 2.35. The van der Waals surface area contributed by atoms with Gasteiger partial charge in [-0.3, -0.25) is 14.5 Å². The zero-order chi connectivity index (χ0) is 20.4. The number of carboxylic acid groups (broad SMARTS) is 1. The van der Waals surface area contributed by atoms with Crippen molar-refractivity contribution in [3.05, 3.63) is 65.9 Å². The van der Waals surface area contributed by atoms with Crippen molar-refractivity contribution in [2.45, 2.75) is 31.5 Å². The first kappa shape index (κ1) is 19.0. The number of carbonyl (C=O) groups is 2. The fourth-order valence-corrected chi connectivity index (χ4v) is 4.04. The number of primary amides is 1. The molecule has 0 spiro atoms. The predicted octanol–water partition coefficient (Wildman–Crippen LogP) is 2.82. The van der Waals surface area contributed by atoms with Gasteiger partial charge in [0.05, 0.1) is 6.04 Å². The van der Waals surface area contributed by atoms with Gasteiger partial charge in [0.1, 0.15) is 18.4 Å². The summed E-state index contributed by atoms with van der Waals surface area (Å²) in [5.41, 5.74) is 7.97. The molecule has 1 aromatic heterocycles. The van der Waals surface area contributed by atoms with Gasteiger partial charge in [0.2, 0.25) is 5.91 Å². The minimum atomic E-state index is -1.00. The van der Waals surface area contributed by atoms with Gasteiger partial charge < -0.3 is 20.6 Å². The van der Waals surface area contributed by atoms with Crippen LogP contribution in [-0.4, -0.2) is 39.5 Å². The van der Waals surface area contributed by atoms with Crippen LogP contribution >= 0.6 is 0 Å². The third kappa shape index (κ3) is 3.82. The molecular weight excluding hydrogens is 370 g/mol.